The number of nitrogens with one attached hydrogen (secondary N) is 2. The maximum Gasteiger partial charge on any atom is 0.234 e. The van der Waals surface area contributed by atoms with Crippen molar-refractivity contribution in [3.05, 3.63) is 23.8 Å². The van der Waals surface area contributed by atoms with Gasteiger partial charge in [0.05, 0.1) is 20.8 Å². The molecule has 0 aliphatic carbocycles. The van der Waals surface area contributed by atoms with Gasteiger partial charge in [-0.15, -0.1) is 0 Å². The number of ether oxygens (including phenoxy) is 2. The Morgan fingerprint density at radius 3 is 2.55 bits per heavy atom. The van der Waals surface area contributed by atoms with Crippen LogP contribution in [0.2, 0.25) is 0 Å². The molecular weight excluding hydrogens is 282 g/mol. The highest BCUT2D eigenvalue weighted by molar-refractivity contribution is 5.77. The van der Waals surface area contributed by atoms with E-state index in [9.17, 15) is 4.79 Å². The summed E-state index contributed by atoms with van der Waals surface area (Å²) in [5.41, 5.74) is 0.971. The predicted molar refractivity (Wildman–Crippen MR) is 87.4 cm³/mol. The van der Waals surface area contributed by atoms with Gasteiger partial charge in [0.15, 0.2) is 11.5 Å². The second kappa shape index (κ2) is 10.0. The number of methoxy groups -OCH3 is 2. The van der Waals surface area contributed by atoms with Crippen molar-refractivity contribution in [1.29, 1.82) is 0 Å². The van der Waals surface area contributed by atoms with Gasteiger partial charge in [-0.05, 0) is 51.3 Å². The van der Waals surface area contributed by atoms with E-state index in [1.807, 2.05) is 32.3 Å². The van der Waals surface area contributed by atoms with Crippen LogP contribution in [0.5, 0.6) is 11.5 Å². The lowest BCUT2D eigenvalue weighted by atomic mass is 10.2. The lowest BCUT2D eigenvalue weighted by Crippen LogP contribution is -2.34. The average Bonchev–Trinajstić information content (AvgIpc) is 2.51. The third kappa shape index (κ3) is 6.78. The smallest absolute Gasteiger partial charge is 0.234 e. The summed E-state index contributed by atoms with van der Waals surface area (Å²) in [6.45, 7) is 2.65. The van der Waals surface area contributed by atoms with E-state index in [1.54, 1.807) is 14.2 Å². The van der Waals surface area contributed by atoms with E-state index in [4.69, 9.17) is 9.47 Å². The van der Waals surface area contributed by atoms with Crippen LogP contribution in [0.4, 0.5) is 0 Å². The summed E-state index contributed by atoms with van der Waals surface area (Å²) in [7, 11) is 7.27. The zero-order valence-electron chi connectivity index (χ0n) is 13.9. The zero-order chi connectivity index (χ0) is 16.4. The van der Waals surface area contributed by atoms with Crippen molar-refractivity contribution in [1.82, 2.24) is 15.5 Å². The summed E-state index contributed by atoms with van der Waals surface area (Å²) in [6, 6.07) is 5.61. The second-order valence-corrected chi connectivity index (χ2v) is 5.30. The Morgan fingerprint density at radius 2 is 1.91 bits per heavy atom. The van der Waals surface area contributed by atoms with Gasteiger partial charge in [0, 0.05) is 6.54 Å². The molecule has 1 aromatic carbocycles. The molecule has 0 aromatic heterocycles. The zero-order valence-corrected chi connectivity index (χ0v) is 13.9. The van der Waals surface area contributed by atoms with Crippen LogP contribution in [0.15, 0.2) is 18.2 Å². The quantitative estimate of drug-likeness (QED) is 0.628. The number of hydrogen-bond donors (Lipinski definition) is 2. The van der Waals surface area contributed by atoms with E-state index in [0.717, 1.165) is 25.1 Å². The van der Waals surface area contributed by atoms with Crippen molar-refractivity contribution >= 4 is 5.91 Å². The molecule has 1 rings (SSSR count). The minimum atomic E-state index is -0.0142. The van der Waals surface area contributed by atoms with Gasteiger partial charge in [0.1, 0.15) is 0 Å². The summed E-state index contributed by atoms with van der Waals surface area (Å²) >= 11 is 0. The minimum absolute atomic E-state index is 0.0142. The summed E-state index contributed by atoms with van der Waals surface area (Å²) in [4.78, 5) is 13.9. The highest BCUT2D eigenvalue weighted by Crippen LogP contribution is 2.27. The molecule has 2 N–H and O–H groups in total. The lowest BCUT2D eigenvalue weighted by Gasteiger charge is -2.11. The van der Waals surface area contributed by atoms with Crippen LogP contribution in [0, 0.1) is 0 Å². The third-order valence-corrected chi connectivity index (χ3v) is 3.18. The Bertz CT molecular complexity index is 464. The van der Waals surface area contributed by atoms with Crippen molar-refractivity contribution < 1.29 is 14.3 Å². The van der Waals surface area contributed by atoms with Crippen LogP contribution < -0.4 is 20.1 Å². The maximum absolute atomic E-state index is 11.8. The molecule has 0 spiro atoms. The molecule has 6 nitrogen and oxygen atoms in total. The molecule has 0 fully saturated rings. The Hall–Kier alpha value is -1.79. The number of nitrogens with zero attached hydrogens (tertiary/aromatic N) is 1. The second-order valence-electron chi connectivity index (χ2n) is 5.30. The van der Waals surface area contributed by atoms with Crippen LogP contribution in [0.3, 0.4) is 0 Å². The van der Waals surface area contributed by atoms with Gasteiger partial charge in [-0.3, -0.25) is 4.79 Å². The van der Waals surface area contributed by atoms with Crippen LogP contribution in [-0.2, 0) is 11.3 Å². The average molecular weight is 309 g/mol. The summed E-state index contributed by atoms with van der Waals surface area (Å²) in [5, 5.41) is 6.01. The number of carbonyl (C=O) groups is 1. The first-order valence-corrected chi connectivity index (χ1v) is 7.40. The van der Waals surface area contributed by atoms with Gasteiger partial charge in [-0.25, -0.2) is 0 Å². The topological polar surface area (TPSA) is 62.8 Å². The molecular formula is C16H27N3O3. The van der Waals surface area contributed by atoms with E-state index in [0.29, 0.717) is 24.6 Å². The standard InChI is InChI=1S/C16H27N3O3/c1-19(2)9-5-8-17-12-16(20)18-11-13-6-7-14(21-3)15(10-13)22-4/h6-7,10,17H,5,8-9,11-12H2,1-4H3,(H,18,20). The van der Waals surface area contributed by atoms with Crippen molar-refractivity contribution in [3.63, 3.8) is 0 Å². The fraction of sp³-hybridized carbons (Fsp3) is 0.562. The molecule has 22 heavy (non-hydrogen) atoms. The fourth-order valence-corrected chi connectivity index (χ4v) is 1.98. The highest BCUT2D eigenvalue weighted by atomic mass is 16.5. The van der Waals surface area contributed by atoms with Gasteiger partial charge in [0.25, 0.3) is 0 Å². The van der Waals surface area contributed by atoms with Crippen molar-refractivity contribution in [2.24, 2.45) is 0 Å². The Balaban J connectivity index is 2.29. The van der Waals surface area contributed by atoms with E-state index < -0.39 is 0 Å². The molecule has 0 aliphatic heterocycles. The van der Waals surface area contributed by atoms with Crippen molar-refractivity contribution in [2.45, 2.75) is 13.0 Å². The summed E-state index contributed by atoms with van der Waals surface area (Å²) in [6.07, 6.45) is 1.02. The molecule has 0 bridgehead atoms. The number of amides is 1. The van der Waals surface area contributed by atoms with Crippen LogP contribution in [-0.4, -0.2) is 58.8 Å². The molecule has 0 heterocycles. The molecule has 0 aliphatic rings. The molecule has 0 saturated heterocycles. The van der Waals surface area contributed by atoms with Gasteiger partial charge in [0.2, 0.25) is 5.91 Å². The van der Waals surface area contributed by atoms with Gasteiger partial charge >= 0.3 is 0 Å². The van der Waals surface area contributed by atoms with Gasteiger partial charge < -0.3 is 25.0 Å². The van der Waals surface area contributed by atoms with Gasteiger partial charge in [-0.2, -0.15) is 0 Å². The summed E-state index contributed by atoms with van der Waals surface area (Å²) in [5.74, 6) is 1.33. The summed E-state index contributed by atoms with van der Waals surface area (Å²) < 4.78 is 10.4. The minimum Gasteiger partial charge on any atom is -0.493 e. The highest BCUT2D eigenvalue weighted by Gasteiger charge is 2.06. The van der Waals surface area contributed by atoms with E-state index in [2.05, 4.69) is 15.5 Å². The number of hydrogen-bond acceptors (Lipinski definition) is 5. The molecule has 1 aromatic rings. The molecule has 6 heteroatoms. The van der Waals surface area contributed by atoms with Gasteiger partial charge in [-0.1, -0.05) is 6.07 Å². The Labute approximate surface area is 132 Å². The largest absolute Gasteiger partial charge is 0.493 e. The van der Waals surface area contributed by atoms with E-state index in [1.165, 1.54) is 0 Å². The predicted octanol–water partition coefficient (Wildman–Crippen LogP) is 0.861. The maximum atomic E-state index is 11.8. The molecule has 0 unspecified atom stereocenters. The molecule has 1 amide bonds. The molecule has 0 saturated carbocycles. The number of carbonyl (C=O) groups excluding carboxylic acids is 1. The van der Waals surface area contributed by atoms with Crippen LogP contribution in [0.25, 0.3) is 0 Å². The van der Waals surface area contributed by atoms with Crippen molar-refractivity contribution in [3.8, 4) is 11.5 Å². The molecule has 0 atom stereocenters. The van der Waals surface area contributed by atoms with Crippen molar-refractivity contribution in [2.75, 3.05) is 47.9 Å². The third-order valence-electron chi connectivity index (χ3n) is 3.18. The van der Waals surface area contributed by atoms with E-state index in [-0.39, 0.29) is 5.91 Å². The number of benzene rings is 1. The van der Waals surface area contributed by atoms with Crippen LogP contribution in [0.1, 0.15) is 12.0 Å². The molecule has 124 valence electrons. The Morgan fingerprint density at radius 1 is 1.18 bits per heavy atom. The first kappa shape index (κ1) is 18.3. The number of rotatable bonds is 10. The monoisotopic (exact) mass is 309 g/mol. The molecule has 0 radical (unpaired) electrons. The first-order chi connectivity index (χ1) is 10.6. The SMILES string of the molecule is COc1ccc(CNC(=O)CNCCCN(C)C)cc1OC. The van der Waals surface area contributed by atoms with Crippen LogP contribution >= 0.6 is 0 Å². The van der Waals surface area contributed by atoms with E-state index >= 15 is 0 Å². The Kier molecular flexibility index (Phi) is 8.32. The lowest BCUT2D eigenvalue weighted by molar-refractivity contribution is -0.120. The fourth-order valence-electron chi connectivity index (χ4n) is 1.98. The first-order valence-electron chi connectivity index (χ1n) is 7.40. The normalized spacial score (nSPS) is 10.6.